The van der Waals surface area contributed by atoms with E-state index in [1.807, 2.05) is 0 Å². The van der Waals surface area contributed by atoms with E-state index < -0.39 is 17.7 Å². The van der Waals surface area contributed by atoms with Crippen molar-refractivity contribution >= 4 is 11.9 Å². The van der Waals surface area contributed by atoms with Gasteiger partial charge in [0.2, 0.25) is 0 Å². The van der Waals surface area contributed by atoms with E-state index in [4.69, 9.17) is 15.2 Å². The molecule has 2 aliphatic rings. The molecule has 1 saturated carbocycles. The highest BCUT2D eigenvalue weighted by molar-refractivity contribution is 5.87. The Labute approximate surface area is 120 Å². The molecule has 5 heteroatoms. The highest BCUT2D eigenvalue weighted by atomic mass is 16.7. The van der Waals surface area contributed by atoms with Crippen LogP contribution in [0, 0.1) is 17.8 Å². The Morgan fingerprint density at radius 3 is 2.65 bits per heavy atom. The predicted octanol–water partition coefficient (Wildman–Crippen LogP) is 1.98. The zero-order valence-electron chi connectivity index (χ0n) is 12.6. The normalized spacial score (nSPS) is 38.0. The van der Waals surface area contributed by atoms with E-state index in [0.717, 1.165) is 12.8 Å². The van der Waals surface area contributed by atoms with Crippen molar-refractivity contribution in [1.82, 2.24) is 0 Å². The molecule has 2 N–H and O–H groups in total. The van der Waals surface area contributed by atoms with Crippen LogP contribution in [0.1, 0.15) is 52.9 Å². The first-order valence-electron chi connectivity index (χ1n) is 7.53. The molecule has 0 aromatic heterocycles. The lowest BCUT2D eigenvalue weighted by Gasteiger charge is -2.40. The smallest absolute Gasteiger partial charge is 0.309 e. The van der Waals surface area contributed by atoms with Crippen molar-refractivity contribution in [2.75, 3.05) is 0 Å². The van der Waals surface area contributed by atoms with Crippen LogP contribution in [0.3, 0.4) is 0 Å². The van der Waals surface area contributed by atoms with E-state index in [1.54, 1.807) is 0 Å². The van der Waals surface area contributed by atoms with E-state index in [2.05, 4.69) is 20.8 Å². The van der Waals surface area contributed by atoms with Crippen LogP contribution in [-0.4, -0.2) is 23.8 Å². The summed E-state index contributed by atoms with van der Waals surface area (Å²) in [4.78, 5) is 23.1. The number of cyclic esters (lactones) is 1. The summed E-state index contributed by atoms with van der Waals surface area (Å²) in [7, 11) is 0. The molecule has 1 aliphatic heterocycles. The lowest BCUT2D eigenvalue weighted by molar-refractivity contribution is -0.239. The van der Waals surface area contributed by atoms with Gasteiger partial charge >= 0.3 is 5.97 Å². The van der Waals surface area contributed by atoms with Crippen LogP contribution in [0.4, 0.5) is 0 Å². The minimum atomic E-state index is -1.54. The van der Waals surface area contributed by atoms with Gasteiger partial charge in [-0.1, -0.05) is 27.2 Å². The van der Waals surface area contributed by atoms with Gasteiger partial charge in [0, 0.05) is 6.42 Å². The van der Waals surface area contributed by atoms with Gasteiger partial charge in [-0.15, -0.1) is 0 Å². The fraction of sp³-hybridized carbons (Fsp3) is 0.867. The third-order valence-corrected chi connectivity index (χ3v) is 4.62. The van der Waals surface area contributed by atoms with E-state index in [9.17, 15) is 9.59 Å². The maximum Gasteiger partial charge on any atom is 0.309 e. The molecular weight excluding hydrogens is 258 g/mol. The van der Waals surface area contributed by atoms with Crippen molar-refractivity contribution in [3.05, 3.63) is 0 Å². The first-order chi connectivity index (χ1) is 9.34. The molecule has 1 heterocycles. The molecule has 0 unspecified atom stereocenters. The van der Waals surface area contributed by atoms with Crippen LogP contribution in [0.2, 0.25) is 0 Å². The number of nitrogens with two attached hydrogens (primary N) is 1. The number of hydrogen-bond acceptors (Lipinski definition) is 4. The molecule has 0 spiro atoms. The van der Waals surface area contributed by atoms with E-state index in [1.165, 1.54) is 6.42 Å². The Balaban J connectivity index is 2.15. The quantitative estimate of drug-likeness (QED) is 0.800. The highest BCUT2D eigenvalue weighted by Gasteiger charge is 2.50. The minimum absolute atomic E-state index is 0.0721. The molecule has 0 aromatic rings. The summed E-state index contributed by atoms with van der Waals surface area (Å²) >= 11 is 0. The topological polar surface area (TPSA) is 78.6 Å². The Kier molecular flexibility index (Phi) is 4.37. The van der Waals surface area contributed by atoms with Gasteiger partial charge in [-0.05, 0) is 30.6 Å². The van der Waals surface area contributed by atoms with Gasteiger partial charge in [-0.25, -0.2) is 0 Å². The summed E-state index contributed by atoms with van der Waals surface area (Å²) < 4.78 is 11.1. The average Bonchev–Trinajstić information content (AvgIpc) is 2.71. The Hall–Kier alpha value is -1.10. The molecule has 0 radical (unpaired) electrons. The molecule has 1 aliphatic carbocycles. The second kappa shape index (κ2) is 5.72. The number of hydrogen-bond donors (Lipinski definition) is 1. The predicted molar refractivity (Wildman–Crippen MR) is 73.5 cm³/mol. The molecule has 0 aromatic carbocycles. The molecule has 0 bridgehead atoms. The maximum absolute atomic E-state index is 11.7. The zero-order chi connectivity index (χ0) is 14.9. The van der Waals surface area contributed by atoms with Gasteiger partial charge in [-0.2, -0.15) is 0 Å². The molecule has 4 atom stereocenters. The largest absolute Gasteiger partial charge is 0.423 e. The summed E-state index contributed by atoms with van der Waals surface area (Å²) in [6, 6.07) is 0. The van der Waals surface area contributed by atoms with Crippen LogP contribution in [0.15, 0.2) is 0 Å². The van der Waals surface area contributed by atoms with Crippen molar-refractivity contribution in [1.29, 1.82) is 0 Å². The first kappa shape index (κ1) is 15.3. The van der Waals surface area contributed by atoms with Gasteiger partial charge in [0.1, 0.15) is 0 Å². The lowest BCUT2D eigenvalue weighted by Crippen LogP contribution is -2.51. The van der Waals surface area contributed by atoms with Gasteiger partial charge in [0.25, 0.3) is 11.7 Å². The van der Waals surface area contributed by atoms with E-state index >= 15 is 0 Å². The van der Waals surface area contributed by atoms with Crippen LogP contribution in [0.5, 0.6) is 0 Å². The standard InChI is InChI=1S/C15H25NO4/c1-9(2)11-5-4-10(3)8-12(11)19-15(14(16)18)7-6-13(17)20-15/h9-12H,4-8H2,1-3H3,(H2,16,18)/t10-,11+,12-,15+/m0/s1. The van der Waals surface area contributed by atoms with Gasteiger partial charge in [0.05, 0.1) is 12.5 Å². The van der Waals surface area contributed by atoms with Crippen molar-refractivity contribution in [2.24, 2.45) is 23.5 Å². The number of ether oxygens (including phenoxy) is 2. The number of primary amides is 1. The third-order valence-electron chi connectivity index (χ3n) is 4.62. The Morgan fingerprint density at radius 2 is 2.15 bits per heavy atom. The van der Waals surface area contributed by atoms with Crippen LogP contribution in [-0.2, 0) is 19.1 Å². The summed E-state index contributed by atoms with van der Waals surface area (Å²) in [6.07, 6.45) is 3.49. The monoisotopic (exact) mass is 283 g/mol. The van der Waals surface area contributed by atoms with Crippen molar-refractivity contribution < 1.29 is 19.1 Å². The molecule has 20 heavy (non-hydrogen) atoms. The lowest BCUT2D eigenvalue weighted by atomic mass is 9.75. The first-order valence-corrected chi connectivity index (χ1v) is 7.53. The molecular formula is C15H25NO4. The Bertz CT molecular complexity index is 395. The highest BCUT2D eigenvalue weighted by Crippen LogP contribution is 2.39. The Morgan fingerprint density at radius 1 is 1.45 bits per heavy atom. The minimum Gasteiger partial charge on any atom is -0.423 e. The number of carbonyl (C=O) groups excluding carboxylic acids is 2. The van der Waals surface area contributed by atoms with E-state index in [0.29, 0.717) is 17.8 Å². The molecule has 1 amide bonds. The van der Waals surface area contributed by atoms with Gasteiger partial charge in [0.15, 0.2) is 0 Å². The van der Waals surface area contributed by atoms with Gasteiger partial charge < -0.3 is 15.2 Å². The van der Waals surface area contributed by atoms with E-state index in [-0.39, 0.29) is 18.9 Å². The van der Waals surface area contributed by atoms with Crippen LogP contribution in [0.25, 0.3) is 0 Å². The SMILES string of the molecule is CC(C)[C@H]1CC[C@H](C)C[C@@H]1O[C@]1(C(N)=O)CCC(=O)O1. The number of rotatable bonds is 4. The molecule has 1 saturated heterocycles. The fourth-order valence-corrected chi connectivity index (χ4v) is 3.36. The second-order valence-corrected chi connectivity index (χ2v) is 6.57. The zero-order valence-corrected chi connectivity index (χ0v) is 12.6. The molecule has 2 rings (SSSR count). The summed E-state index contributed by atoms with van der Waals surface area (Å²) in [5.74, 6) is -1.24. The number of carbonyl (C=O) groups is 2. The van der Waals surface area contributed by atoms with Crippen molar-refractivity contribution in [3.8, 4) is 0 Å². The van der Waals surface area contributed by atoms with Crippen molar-refractivity contribution in [2.45, 2.75) is 64.8 Å². The molecule has 2 fully saturated rings. The third kappa shape index (κ3) is 2.97. The van der Waals surface area contributed by atoms with Crippen LogP contribution < -0.4 is 5.73 Å². The maximum atomic E-state index is 11.7. The molecule has 114 valence electrons. The van der Waals surface area contributed by atoms with Gasteiger partial charge in [-0.3, -0.25) is 9.59 Å². The number of esters is 1. The van der Waals surface area contributed by atoms with Crippen molar-refractivity contribution in [3.63, 3.8) is 0 Å². The number of amides is 1. The summed E-state index contributed by atoms with van der Waals surface area (Å²) in [6.45, 7) is 6.51. The second-order valence-electron chi connectivity index (χ2n) is 6.57. The summed E-state index contributed by atoms with van der Waals surface area (Å²) in [5.41, 5.74) is 5.43. The van der Waals surface area contributed by atoms with Crippen LogP contribution >= 0.6 is 0 Å². The average molecular weight is 283 g/mol. The summed E-state index contributed by atoms with van der Waals surface area (Å²) in [5, 5.41) is 0. The molecule has 5 nitrogen and oxygen atoms in total. The fourth-order valence-electron chi connectivity index (χ4n) is 3.36.